The number of benzene rings is 1. The van der Waals surface area contributed by atoms with Gasteiger partial charge in [0.1, 0.15) is 18.0 Å². The number of aryl methyl sites for hydroxylation is 2. The van der Waals surface area contributed by atoms with Crippen molar-refractivity contribution in [2.75, 3.05) is 18.5 Å². The number of rotatable bonds is 3. The van der Waals surface area contributed by atoms with Crippen molar-refractivity contribution in [3.05, 3.63) is 35.7 Å². The Morgan fingerprint density at radius 3 is 2.82 bits per heavy atom. The van der Waals surface area contributed by atoms with E-state index in [2.05, 4.69) is 15.8 Å². The zero-order valence-corrected chi connectivity index (χ0v) is 12.4. The minimum absolute atomic E-state index is 0.231. The van der Waals surface area contributed by atoms with Crippen LogP contribution >= 0.6 is 0 Å². The molecule has 2 N–H and O–H groups in total. The molecule has 0 saturated carbocycles. The van der Waals surface area contributed by atoms with Gasteiger partial charge in [-0.3, -0.25) is 0 Å². The molecule has 116 valence electrons. The van der Waals surface area contributed by atoms with Gasteiger partial charge in [-0.05, 0) is 26.0 Å². The van der Waals surface area contributed by atoms with Crippen LogP contribution in [0.25, 0.3) is 0 Å². The summed E-state index contributed by atoms with van der Waals surface area (Å²) in [7, 11) is 0. The van der Waals surface area contributed by atoms with E-state index < -0.39 is 0 Å². The minimum Gasteiger partial charge on any atom is -0.486 e. The van der Waals surface area contributed by atoms with Gasteiger partial charge in [-0.25, -0.2) is 4.79 Å². The number of carbonyl (C=O) groups is 1. The van der Waals surface area contributed by atoms with Crippen LogP contribution in [0, 0.1) is 13.8 Å². The maximum absolute atomic E-state index is 11.9. The van der Waals surface area contributed by atoms with Crippen molar-refractivity contribution in [1.29, 1.82) is 0 Å². The smallest absolute Gasteiger partial charge is 0.319 e. The summed E-state index contributed by atoms with van der Waals surface area (Å²) in [6.45, 7) is 4.23. The van der Waals surface area contributed by atoms with Crippen LogP contribution in [0.15, 0.2) is 28.8 Å². The SMILES string of the molecule is Cc1noc(C)c1NC(=O)NCC1COc2ccccc2O1. The summed E-state index contributed by atoms with van der Waals surface area (Å²) in [6.07, 6.45) is -0.231. The number of nitrogens with one attached hydrogen (secondary N) is 2. The number of amides is 2. The lowest BCUT2D eigenvalue weighted by atomic mass is 10.2. The highest BCUT2D eigenvalue weighted by atomic mass is 16.6. The second kappa shape index (κ2) is 5.97. The van der Waals surface area contributed by atoms with Crippen molar-refractivity contribution in [2.24, 2.45) is 0 Å². The van der Waals surface area contributed by atoms with Crippen LogP contribution in [0.2, 0.25) is 0 Å². The molecule has 7 heteroatoms. The Balaban J connectivity index is 1.52. The molecule has 22 heavy (non-hydrogen) atoms. The molecule has 2 heterocycles. The molecule has 2 amide bonds. The Labute approximate surface area is 127 Å². The molecule has 0 spiro atoms. The van der Waals surface area contributed by atoms with Crippen molar-refractivity contribution in [3.8, 4) is 11.5 Å². The lowest BCUT2D eigenvalue weighted by Crippen LogP contribution is -2.42. The van der Waals surface area contributed by atoms with Crippen LogP contribution in [-0.4, -0.2) is 30.4 Å². The second-order valence-corrected chi connectivity index (χ2v) is 5.03. The fraction of sp³-hybridized carbons (Fsp3) is 0.333. The van der Waals surface area contributed by atoms with E-state index >= 15 is 0 Å². The molecule has 7 nitrogen and oxygen atoms in total. The van der Waals surface area contributed by atoms with Gasteiger partial charge >= 0.3 is 6.03 Å². The Bertz CT molecular complexity index is 664. The molecule has 0 fully saturated rings. The molecular weight excluding hydrogens is 286 g/mol. The zero-order chi connectivity index (χ0) is 15.5. The minimum atomic E-state index is -0.336. The molecule has 1 atom stereocenters. The van der Waals surface area contributed by atoms with Crippen LogP contribution in [0.1, 0.15) is 11.5 Å². The third-order valence-electron chi connectivity index (χ3n) is 3.33. The van der Waals surface area contributed by atoms with Gasteiger partial charge in [0.25, 0.3) is 0 Å². The van der Waals surface area contributed by atoms with Gasteiger partial charge in [0, 0.05) is 0 Å². The van der Waals surface area contributed by atoms with Gasteiger partial charge in [-0.1, -0.05) is 17.3 Å². The fourth-order valence-electron chi connectivity index (χ4n) is 2.19. The number of anilines is 1. The fourth-order valence-corrected chi connectivity index (χ4v) is 2.19. The van der Waals surface area contributed by atoms with Crippen LogP contribution in [0.3, 0.4) is 0 Å². The van der Waals surface area contributed by atoms with E-state index in [9.17, 15) is 4.79 Å². The molecule has 1 aromatic heterocycles. The van der Waals surface area contributed by atoms with Gasteiger partial charge < -0.3 is 24.6 Å². The molecule has 1 aromatic carbocycles. The lowest BCUT2D eigenvalue weighted by Gasteiger charge is -2.26. The highest BCUT2D eigenvalue weighted by Gasteiger charge is 2.21. The normalized spacial score (nSPS) is 16.2. The van der Waals surface area contributed by atoms with Crippen molar-refractivity contribution in [1.82, 2.24) is 10.5 Å². The molecule has 1 aliphatic heterocycles. The molecule has 2 aromatic rings. The molecule has 0 radical (unpaired) electrons. The van der Waals surface area contributed by atoms with Gasteiger partial charge in [0.15, 0.2) is 23.4 Å². The second-order valence-electron chi connectivity index (χ2n) is 5.03. The molecule has 0 saturated heterocycles. The summed E-state index contributed by atoms with van der Waals surface area (Å²) in [4.78, 5) is 11.9. The molecule has 1 unspecified atom stereocenters. The summed E-state index contributed by atoms with van der Waals surface area (Å²) in [5.41, 5.74) is 1.22. The Kier molecular flexibility index (Phi) is 3.86. The number of para-hydroxylation sites is 2. The number of aromatic nitrogens is 1. The number of fused-ring (bicyclic) bond motifs is 1. The number of urea groups is 1. The average molecular weight is 303 g/mol. The van der Waals surface area contributed by atoms with E-state index in [1.54, 1.807) is 13.8 Å². The van der Waals surface area contributed by atoms with Crippen molar-refractivity contribution >= 4 is 11.7 Å². The largest absolute Gasteiger partial charge is 0.486 e. The Morgan fingerprint density at radius 2 is 2.09 bits per heavy atom. The lowest BCUT2D eigenvalue weighted by molar-refractivity contribution is 0.0922. The number of carbonyl (C=O) groups excluding carboxylic acids is 1. The monoisotopic (exact) mass is 303 g/mol. The first-order valence-electron chi connectivity index (χ1n) is 6.99. The molecule has 3 rings (SSSR count). The van der Waals surface area contributed by atoms with E-state index in [-0.39, 0.29) is 12.1 Å². The van der Waals surface area contributed by atoms with Crippen molar-refractivity contribution in [2.45, 2.75) is 20.0 Å². The first-order valence-corrected chi connectivity index (χ1v) is 6.99. The Hall–Kier alpha value is -2.70. The van der Waals surface area contributed by atoms with Gasteiger partial charge in [-0.2, -0.15) is 0 Å². The van der Waals surface area contributed by atoms with Crippen LogP contribution < -0.4 is 20.1 Å². The van der Waals surface area contributed by atoms with Crippen molar-refractivity contribution in [3.63, 3.8) is 0 Å². The third kappa shape index (κ3) is 2.98. The summed E-state index contributed by atoms with van der Waals surface area (Å²) in [5, 5.41) is 9.25. The van der Waals surface area contributed by atoms with Gasteiger partial charge in [-0.15, -0.1) is 0 Å². The first kappa shape index (κ1) is 14.2. The summed E-state index contributed by atoms with van der Waals surface area (Å²) in [6, 6.07) is 7.12. The maximum Gasteiger partial charge on any atom is 0.319 e. The average Bonchev–Trinajstić information content (AvgIpc) is 2.84. The molecule has 1 aliphatic rings. The van der Waals surface area contributed by atoms with Crippen LogP contribution in [0.5, 0.6) is 11.5 Å². The van der Waals surface area contributed by atoms with Gasteiger partial charge in [0.2, 0.25) is 0 Å². The number of ether oxygens (including phenoxy) is 2. The first-order chi connectivity index (χ1) is 10.6. The zero-order valence-electron chi connectivity index (χ0n) is 12.4. The quantitative estimate of drug-likeness (QED) is 0.908. The summed E-state index contributed by atoms with van der Waals surface area (Å²) < 4.78 is 16.3. The number of nitrogens with zero attached hydrogens (tertiary/aromatic N) is 1. The Morgan fingerprint density at radius 1 is 1.32 bits per heavy atom. The highest BCUT2D eigenvalue weighted by Crippen LogP contribution is 2.30. The topological polar surface area (TPSA) is 85.6 Å². The molecule has 0 bridgehead atoms. The highest BCUT2D eigenvalue weighted by molar-refractivity contribution is 5.90. The van der Waals surface area contributed by atoms with E-state index in [0.29, 0.717) is 36.0 Å². The maximum atomic E-state index is 11.9. The predicted molar refractivity (Wildman–Crippen MR) is 79.4 cm³/mol. The van der Waals surface area contributed by atoms with Crippen molar-refractivity contribution < 1.29 is 18.8 Å². The van der Waals surface area contributed by atoms with E-state index in [4.69, 9.17) is 14.0 Å². The third-order valence-corrected chi connectivity index (χ3v) is 3.33. The predicted octanol–water partition coefficient (Wildman–Crippen LogP) is 2.25. The van der Waals surface area contributed by atoms with E-state index in [1.807, 2.05) is 24.3 Å². The standard InChI is InChI=1S/C15H17N3O4/c1-9-14(10(2)22-18-9)17-15(19)16-7-11-8-20-12-5-3-4-6-13(12)21-11/h3-6,11H,7-8H2,1-2H3,(H2,16,17,19). The molecule has 0 aliphatic carbocycles. The number of hydrogen-bond acceptors (Lipinski definition) is 5. The summed E-state index contributed by atoms with van der Waals surface area (Å²) in [5.74, 6) is 1.98. The van der Waals surface area contributed by atoms with Crippen LogP contribution in [0.4, 0.5) is 10.5 Å². The number of hydrogen-bond donors (Lipinski definition) is 2. The van der Waals surface area contributed by atoms with E-state index in [0.717, 1.165) is 5.75 Å². The van der Waals surface area contributed by atoms with E-state index in [1.165, 1.54) is 0 Å². The summed E-state index contributed by atoms with van der Waals surface area (Å²) >= 11 is 0. The van der Waals surface area contributed by atoms with Crippen LogP contribution in [-0.2, 0) is 0 Å². The van der Waals surface area contributed by atoms with Gasteiger partial charge in [0.05, 0.1) is 6.54 Å². The molecular formula is C15H17N3O4.